The van der Waals surface area contributed by atoms with E-state index in [9.17, 15) is 4.79 Å². The summed E-state index contributed by atoms with van der Waals surface area (Å²) >= 11 is 0. The summed E-state index contributed by atoms with van der Waals surface area (Å²) in [4.78, 5) is 13.3. The molecular formula is C14H17NO2. The Morgan fingerprint density at radius 2 is 2.00 bits per heavy atom. The lowest BCUT2D eigenvalue weighted by Gasteiger charge is -2.20. The summed E-state index contributed by atoms with van der Waals surface area (Å²) in [6.45, 7) is 7.97. The highest BCUT2D eigenvalue weighted by Gasteiger charge is 2.12. The molecule has 0 unspecified atom stereocenters. The van der Waals surface area contributed by atoms with E-state index in [1.807, 2.05) is 25.1 Å². The first-order valence-corrected chi connectivity index (χ1v) is 5.94. The van der Waals surface area contributed by atoms with E-state index in [1.54, 1.807) is 0 Å². The molecule has 1 aromatic carbocycles. The molecule has 90 valence electrons. The van der Waals surface area contributed by atoms with Crippen molar-refractivity contribution in [3.8, 4) is 0 Å². The Hall–Kier alpha value is -1.77. The van der Waals surface area contributed by atoms with Crippen LogP contribution in [0.3, 0.4) is 0 Å². The van der Waals surface area contributed by atoms with E-state index in [-0.39, 0.29) is 0 Å². The van der Waals surface area contributed by atoms with E-state index in [0.717, 1.165) is 36.0 Å². The van der Waals surface area contributed by atoms with Crippen LogP contribution in [0, 0.1) is 6.92 Å². The minimum Gasteiger partial charge on any atom is -0.461 e. The van der Waals surface area contributed by atoms with Gasteiger partial charge in [-0.15, -0.1) is 0 Å². The number of rotatable bonds is 4. The van der Waals surface area contributed by atoms with Crippen LogP contribution in [-0.4, -0.2) is 19.4 Å². The fourth-order valence-electron chi connectivity index (χ4n) is 2.16. The van der Waals surface area contributed by atoms with Gasteiger partial charge in [-0.25, -0.2) is 0 Å². The monoisotopic (exact) mass is 231 g/mol. The molecule has 2 aromatic rings. The Balaban J connectivity index is 2.59. The van der Waals surface area contributed by atoms with Crippen molar-refractivity contribution in [2.45, 2.75) is 20.8 Å². The highest BCUT2D eigenvalue weighted by Crippen LogP contribution is 2.28. The number of hydrogen-bond acceptors (Lipinski definition) is 3. The Bertz CT molecular complexity index is 538. The van der Waals surface area contributed by atoms with Gasteiger partial charge >= 0.3 is 0 Å². The largest absolute Gasteiger partial charge is 0.461 e. The second-order valence-electron chi connectivity index (χ2n) is 4.04. The van der Waals surface area contributed by atoms with Crippen molar-refractivity contribution in [3.05, 3.63) is 29.5 Å². The number of carbonyl (C=O) groups is 1. The summed E-state index contributed by atoms with van der Waals surface area (Å²) in [5.74, 6) is 0.687. The molecule has 3 heteroatoms. The Morgan fingerprint density at radius 3 is 2.59 bits per heavy atom. The van der Waals surface area contributed by atoms with Crippen LogP contribution in [0.4, 0.5) is 5.69 Å². The molecule has 0 aliphatic rings. The second-order valence-corrected chi connectivity index (χ2v) is 4.04. The normalized spacial score (nSPS) is 10.8. The van der Waals surface area contributed by atoms with Crippen molar-refractivity contribution in [1.82, 2.24) is 0 Å². The van der Waals surface area contributed by atoms with Crippen LogP contribution in [0.15, 0.2) is 22.6 Å². The lowest BCUT2D eigenvalue weighted by molar-refractivity contribution is 0.112. The van der Waals surface area contributed by atoms with Crippen molar-refractivity contribution in [2.24, 2.45) is 0 Å². The van der Waals surface area contributed by atoms with Crippen LogP contribution in [0.2, 0.25) is 0 Å². The zero-order valence-corrected chi connectivity index (χ0v) is 10.5. The van der Waals surface area contributed by atoms with E-state index < -0.39 is 0 Å². The fraction of sp³-hybridized carbons (Fsp3) is 0.357. The van der Waals surface area contributed by atoms with Gasteiger partial charge in [0.15, 0.2) is 6.29 Å². The molecule has 0 saturated carbocycles. The third kappa shape index (κ3) is 1.93. The van der Waals surface area contributed by atoms with E-state index >= 15 is 0 Å². The van der Waals surface area contributed by atoms with Crippen molar-refractivity contribution < 1.29 is 9.21 Å². The molecule has 0 N–H and O–H groups in total. The predicted molar refractivity (Wildman–Crippen MR) is 69.9 cm³/mol. The van der Waals surface area contributed by atoms with Crippen LogP contribution < -0.4 is 4.90 Å². The highest BCUT2D eigenvalue weighted by atomic mass is 16.3. The van der Waals surface area contributed by atoms with Gasteiger partial charge in [0.25, 0.3) is 0 Å². The lowest BCUT2D eigenvalue weighted by Crippen LogP contribution is -2.21. The van der Waals surface area contributed by atoms with Crippen LogP contribution in [-0.2, 0) is 0 Å². The molecule has 0 saturated heterocycles. The summed E-state index contributed by atoms with van der Waals surface area (Å²) in [6.07, 6.45) is 0.868. The number of anilines is 1. The lowest BCUT2D eigenvalue weighted by atomic mass is 10.1. The first kappa shape index (κ1) is 11.7. The molecule has 1 heterocycles. The van der Waals surface area contributed by atoms with Crippen LogP contribution >= 0.6 is 0 Å². The molecule has 0 radical (unpaired) electrons. The molecule has 0 aliphatic carbocycles. The first-order valence-electron chi connectivity index (χ1n) is 5.94. The number of aryl methyl sites for hydroxylation is 1. The minimum absolute atomic E-state index is 0.661. The Kier molecular flexibility index (Phi) is 3.18. The molecule has 17 heavy (non-hydrogen) atoms. The summed E-state index contributed by atoms with van der Waals surface area (Å²) in [6, 6.07) is 6.00. The molecule has 0 atom stereocenters. The van der Waals surface area contributed by atoms with Gasteiger partial charge < -0.3 is 9.32 Å². The summed E-state index contributed by atoms with van der Waals surface area (Å²) < 4.78 is 5.54. The van der Waals surface area contributed by atoms with Gasteiger partial charge in [0.2, 0.25) is 0 Å². The standard InChI is InChI=1S/C14H17NO2/c1-4-15(5-2)11-6-7-14-12(8-11)13(9-16)10(3)17-14/h6-9H,4-5H2,1-3H3. The number of nitrogens with zero attached hydrogens (tertiary/aromatic N) is 1. The van der Waals surface area contributed by atoms with Gasteiger partial charge in [0, 0.05) is 24.2 Å². The predicted octanol–water partition coefficient (Wildman–Crippen LogP) is 3.40. The average Bonchev–Trinajstić information content (AvgIpc) is 2.65. The molecule has 1 aromatic heterocycles. The molecule has 0 fully saturated rings. The summed E-state index contributed by atoms with van der Waals surface area (Å²) in [7, 11) is 0. The van der Waals surface area contributed by atoms with E-state index in [0.29, 0.717) is 11.3 Å². The number of carbonyl (C=O) groups excluding carboxylic acids is 1. The van der Waals surface area contributed by atoms with Gasteiger partial charge in [-0.1, -0.05) is 0 Å². The molecule has 2 rings (SSSR count). The minimum atomic E-state index is 0.661. The maximum atomic E-state index is 11.0. The third-order valence-corrected chi connectivity index (χ3v) is 3.14. The Labute approximate surface area is 101 Å². The van der Waals surface area contributed by atoms with Crippen LogP contribution in [0.5, 0.6) is 0 Å². The van der Waals surface area contributed by atoms with E-state index in [1.165, 1.54) is 0 Å². The number of furan rings is 1. The van der Waals surface area contributed by atoms with Crippen molar-refractivity contribution in [1.29, 1.82) is 0 Å². The quantitative estimate of drug-likeness (QED) is 0.756. The fourth-order valence-corrected chi connectivity index (χ4v) is 2.16. The molecule has 0 bridgehead atoms. The zero-order chi connectivity index (χ0) is 12.4. The smallest absolute Gasteiger partial charge is 0.154 e. The number of benzene rings is 1. The average molecular weight is 231 g/mol. The van der Waals surface area contributed by atoms with Gasteiger partial charge in [-0.3, -0.25) is 4.79 Å². The summed E-state index contributed by atoms with van der Waals surface area (Å²) in [5.41, 5.74) is 2.57. The molecule has 3 nitrogen and oxygen atoms in total. The van der Waals surface area contributed by atoms with Gasteiger partial charge in [0.1, 0.15) is 11.3 Å². The number of hydrogen-bond donors (Lipinski definition) is 0. The zero-order valence-electron chi connectivity index (χ0n) is 10.5. The van der Waals surface area contributed by atoms with Crippen LogP contribution in [0.25, 0.3) is 11.0 Å². The molecule has 0 spiro atoms. The van der Waals surface area contributed by atoms with Crippen LogP contribution in [0.1, 0.15) is 30.0 Å². The van der Waals surface area contributed by atoms with Gasteiger partial charge in [0.05, 0.1) is 5.56 Å². The first-order chi connectivity index (χ1) is 8.21. The number of aldehydes is 1. The second kappa shape index (κ2) is 4.62. The van der Waals surface area contributed by atoms with Gasteiger partial charge in [-0.05, 0) is 39.0 Å². The van der Waals surface area contributed by atoms with E-state index in [2.05, 4.69) is 18.7 Å². The summed E-state index contributed by atoms with van der Waals surface area (Å²) in [5, 5.41) is 0.905. The SMILES string of the molecule is CCN(CC)c1ccc2oc(C)c(C=O)c2c1. The topological polar surface area (TPSA) is 33.5 Å². The van der Waals surface area contributed by atoms with Gasteiger partial charge in [-0.2, -0.15) is 0 Å². The van der Waals surface area contributed by atoms with E-state index in [4.69, 9.17) is 4.42 Å². The van der Waals surface area contributed by atoms with Crippen molar-refractivity contribution in [2.75, 3.05) is 18.0 Å². The molecule has 0 amide bonds. The molecule has 0 aliphatic heterocycles. The highest BCUT2D eigenvalue weighted by molar-refractivity contribution is 5.98. The third-order valence-electron chi connectivity index (χ3n) is 3.14. The maximum Gasteiger partial charge on any atom is 0.154 e. The van der Waals surface area contributed by atoms with Crippen molar-refractivity contribution in [3.63, 3.8) is 0 Å². The Morgan fingerprint density at radius 1 is 1.29 bits per heavy atom. The number of fused-ring (bicyclic) bond motifs is 1. The maximum absolute atomic E-state index is 11.0. The molecular weight excluding hydrogens is 214 g/mol. The van der Waals surface area contributed by atoms with Crippen molar-refractivity contribution >= 4 is 22.9 Å².